The number of benzene rings is 1. The van der Waals surface area contributed by atoms with Gasteiger partial charge in [-0.2, -0.15) is 0 Å². The van der Waals surface area contributed by atoms with E-state index in [1.165, 1.54) is 18.2 Å². The predicted molar refractivity (Wildman–Crippen MR) is 74.6 cm³/mol. The number of carbonyl (C=O) groups excluding carboxylic acids is 2. The molecule has 0 aliphatic heterocycles. The summed E-state index contributed by atoms with van der Waals surface area (Å²) in [7, 11) is 0. The summed E-state index contributed by atoms with van der Waals surface area (Å²) in [4.78, 5) is 23.6. The normalized spacial score (nSPS) is 22.1. The van der Waals surface area contributed by atoms with Crippen molar-refractivity contribution < 1.29 is 14.0 Å². The maximum atomic E-state index is 13.4. The summed E-state index contributed by atoms with van der Waals surface area (Å²) in [6, 6.07) is 5.80. The number of para-hydroxylation sites is 1. The highest BCUT2D eigenvalue weighted by molar-refractivity contribution is 6.39. The van der Waals surface area contributed by atoms with Crippen LogP contribution in [0.3, 0.4) is 0 Å². The average molecular weight is 278 g/mol. The Balaban J connectivity index is 1.92. The Hall–Kier alpha value is -1.91. The highest BCUT2D eigenvalue weighted by Crippen LogP contribution is 2.23. The van der Waals surface area contributed by atoms with Crippen molar-refractivity contribution >= 4 is 17.5 Å². The summed E-state index contributed by atoms with van der Waals surface area (Å²) < 4.78 is 13.4. The van der Waals surface area contributed by atoms with Gasteiger partial charge in [-0.15, -0.1) is 0 Å². The third kappa shape index (κ3) is 3.56. The van der Waals surface area contributed by atoms with E-state index in [1.54, 1.807) is 6.07 Å². The molecule has 0 radical (unpaired) electrons. The number of nitrogens with one attached hydrogen (secondary N) is 2. The van der Waals surface area contributed by atoms with Crippen molar-refractivity contribution in [2.24, 2.45) is 5.92 Å². The van der Waals surface area contributed by atoms with Crippen LogP contribution in [0.2, 0.25) is 0 Å². The van der Waals surface area contributed by atoms with Crippen LogP contribution in [0.1, 0.15) is 32.6 Å². The van der Waals surface area contributed by atoms with Gasteiger partial charge in [-0.1, -0.05) is 31.9 Å². The van der Waals surface area contributed by atoms with E-state index in [0.717, 1.165) is 25.7 Å². The minimum Gasteiger partial charge on any atom is -0.345 e. The molecule has 2 amide bonds. The minimum atomic E-state index is -0.826. The molecule has 2 atom stereocenters. The van der Waals surface area contributed by atoms with E-state index >= 15 is 0 Å². The lowest BCUT2D eigenvalue weighted by molar-refractivity contribution is -0.137. The number of carbonyl (C=O) groups is 2. The molecule has 5 heteroatoms. The van der Waals surface area contributed by atoms with Gasteiger partial charge in [0.05, 0.1) is 5.69 Å². The molecule has 1 saturated carbocycles. The first kappa shape index (κ1) is 14.5. The number of anilines is 1. The zero-order chi connectivity index (χ0) is 14.5. The van der Waals surface area contributed by atoms with Gasteiger partial charge >= 0.3 is 11.8 Å². The fraction of sp³-hybridized carbons (Fsp3) is 0.467. The monoisotopic (exact) mass is 278 g/mol. The molecular formula is C15H19FN2O2. The largest absolute Gasteiger partial charge is 0.345 e. The van der Waals surface area contributed by atoms with Crippen molar-refractivity contribution in [3.63, 3.8) is 0 Å². The van der Waals surface area contributed by atoms with Gasteiger partial charge < -0.3 is 10.6 Å². The lowest BCUT2D eigenvalue weighted by atomic mass is 9.86. The zero-order valence-corrected chi connectivity index (χ0v) is 11.5. The van der Waals surface area contributed by atoms with Crippen LogP contribution in [0.25, 0.3) is 0 Å². The molecule has 1 fully saturated rings. The van der Waals surface area contributed by atoms with Gasteiger partial charge in [0, 0.05) is 6.04 Å². The number of hydrogen-bond acceptors (Lipinski definition) is 2. The fourth-order valence-corrected chi connectivity index (χ4v) is 2.51. The molecule has 1 aromatic rings. The third-order valence-corrected chi connectivity index (χ3v) is 3.76. The summed E-state index contributed by atoms with van der Waals surface area (Å²) in [5, 5.41) is 5.02. The van der Waals surface area contributed by atoms with Crippen LogP contribution >= 0.6 is 0 Å². The molecule has 0 aromatic heterocycles. The zero-order valence-electron chi connectivity index (χ0n) is 11.5. The van der Waals surface area contributed by atoms with Gasteiger partial charge in [-0.05, 0) is 30.9 Å². The maximum Gasteiger partial charge on any atom is 0.313 e. The number of amides is 2. The van der Waals surface area contributed by atoms with E-state index in [9.17, 15) is 14.0 Å². The minimum absolute atomic E-state index is 0.0179. The van der Waals surface area contributed by atoms with E-state index in [1.807, 2.05) is 0 Å². The summed E-state index contributed by atoms with van der Waals surface area (Å²) in [6.07, 6.45) is 4.17. The molecule has 2 N–H and O–H groups in total. The molecular weight excluding hydrogens is 259 g/mol. The van der Waals surface area contributed by atoms with Crippen LogP contribution in [0.5, 0.6) is 0 Å². The molecule has 1 aliphatic rings. The molecule has 4 nitrogen and oxygen atoms in total. The molecule has 0 spiro atoms. The van der Waals surface area contributed by atoms with Gasteiger partial charge in [-0.3, -0.25) is 9.59 Å². The molecule has 0 saturated heterocycles. The smallest absolute Gasteiger partial charge is 0.313 e. The predicted octanol–water partition coefficient (Wildman–Crippen LogP) is 2.46. The van der Waals surface area contributed by atoms with Gasteiger partial charge in [0.1, 0.15) is 5.82 Å². The molecule has 1 aromatic carbocycles. The first-order chi connectivity index (χ1) is 9.58. The standard InChI is InChI=1S/C15H19FN2O2/c1-10-6-2-4-8-12(10)17-14(19)15(20)18-13-9-5-3-7-11(13)16/h3,5,7,9-10,12H,2,4,6,8H2,1H3,(H,17,19)(H,18,20)/t10-,12+/m1/s1. The molecule has 1 aliphatic carbocycles. The maximum absolute atomic E-state index is 13.4. The Morgan fingerprint density at radius 2 is 1.85 bits per heavy atom. The molecule has 0 bridgehead atoms. The molecule has 20 heavy (non-hydrogen) atoms. The Bertz CT molecular complexity index is 504. The van der Waals surface area contributed by atoms with Crippen LogP contribution in [-0.4, -0.2) is 17.9 Å². The van der Waals surface area contributed by atoms with Gasteiger partial charge in [0.25, 0.3) is 0 Å². The first-order valence-electron chi connectivity index (χ1n) is 6.94. The second-order valence-corrected chi connectivity index (χ2v) is 5.28. The van der Waals surface area contributed by atoms with E-state index in [2.05, 4.69) is 17.6 Å². The highest BCUT2D eigenvalue weighted by Gasteiger charge is 2.25. The van der Waals surface area contributed by atoms with Crippen molar-refractivity contribution in [2.75, 3.05) is 5.32 Å². The molecule has 2 rings (SSSR count). The van der Waals surface area contributed by atoms with Crippen LogP contribution in [0, 0.1) is 11.7 Å². The first-order valence-corrected chi connectivity index (χ1v) is 6.94. The van der Waals surface area contributed by atoms with Crippen LogP contribution < -0.4 is 10.6 Å². The second-order valence-electron chi connectivity index (χ2n) is 5.28. The van der Waals surface area contributed by atoms with E-state index in [-0.39, 0.29) is 11.7 Å². The van der Waals surface area contributed by atoms with Gasteiger partial charge in [0.15, 0.2) is 0 Å². The quantitative estimate of drug-likeness (QED) is 0.816. The van der Waals surface area contributed by atoms with Gasteiger partial charge in [0.2, 0.25) is 0 Å². The Labute approximate surface area is 117 Å². The topological polar surface area (TPSA) is 58.2 Å². The Morgan fingerprint density at radius 1 is 1.15 bits per heavy atom. The Kier molecular flexibility index (Phi) is 4.71. The number of hydrogen-bond donors (Lipinski definition) is 2. The SMILES string of the molecule is C[C@@H]1CCCC[C@@H]1NC(=O)C(=O)Nc1ccccc1F. The second kappa shape index (κ2) is 6.50. The highest BCUT2D eigenvalue weighted by atomic mass is 19.1. The van der Waals surface area contributed by atoms with Crippen LogP contribution in [0.15, 0.2) is 24.3 Å². The summed E-state index contributed by atoms with van der Waals surface area (Å²) in [5.74, 6) is -1.71. The average Bonchev–Trinajstić information content (AvgIpc) is 2.43. The van der Waals surface area contributed by atoms with Crippen LogP contribution in [-0.2, 0) is 9.59 Å². The number of halogens is 1. The third-order valence-electron chi connectivity index (χ3n) is 3.76. The van der Waals surface area contributed by atoms with E-state index in [4.69, 9.17) is 0 Å². The van der Waals surface area contributed by atoms with E-state index in [0.29, 0.717) is 5.92 Å². The van der Waals surface area contributed by atoms with Crippen molar-refractivity contribution in [2.45, 2.75) is 38.6 Å². The lowest BCUT2D eigenvalue weighted by Crippen LogP contribution is -2.45. The molecule has 108 valence electrons. The lowest BCUT2D eigenvalue weighted by Gasteiger charge is -2.29. The van der Waals surface area contributed by atoms with Gasteiger partial charge in [-0.25, -0.2) is 4.39 Å². The van der Waals surface area contributed by atoms with Crippen LogP contribution in [0.4, 0.5) is 10.1 Å². The van der Waals surface area contributed by atoms with E-state index < -0.39 is 17.6 Å². The van der Waals surface area contributed by atoms with Crippen molar-refractivity contribution in [3.05, 3.63) is 30.1 Å². The molecule has 0 unspecified atom stereocenters. The summed E-state index contributed by atoms with van der Waals surface area (Å²) in [5.41, 5.74) is 0.0179. The molecule has 0 heterocycles. The Morgan fingerprint density at radius 3 is 2.55 bits per heavy atom. The summed E-state index contributed by atoms with van der Waals surface area (Å²) >= 11 is 0. The summed E-state index contributed by atoms with van der Waals surface area (Å²) in [6.45, 7) is 2.07. The fourth-order valence-electron chi connectivity index (χ4n) is 2.51. The van der Waals surface area contributed by atoms with Crippen molar-refractivity contribution in [1.29, 1.82) is 0 Å². The number of rotatable bonds is 2. The van der Waals surface area contributed by atoms with Crippen molar-refractivity contribution in [3.8, 4) is 0 Å². The van der Waals surface area contributed by atoms with Crippen molar-refractivity contribution in [1.82, 2.24) is 5.32 Å².